The Morgan fingerprint density at radius 3 is 1.10 bits per heavy atom. The number of aliphatic hydroxyl groups is 2. The van der Waals surface area contributed by atoms with Gasteiger partial charge >= 0.3 is 0 Å². The van der Waals surface area contributed by atoms with Gasteiger partial charge in [0.1, 0.15) is 0 Å². The van der Waals surface area contributed by atoms with Gasteiger partial charge in [-0.3, -0.25) is 0 Å². The van der Waals surface area contributed by atoms with Crippen molar-refractivity contribution in [3.8, 4) is 0 Å². The molecule has 6 nitrogen and oxygen atoms in total. The lowest BCUT2D eigenvalue weighted by atomic mass is 10.5. The maximum absolute atomic E-state index is 8.36. The van der Waals surface area contributed by atoms with Crippen LogP contribution in [-0.2, 0) is 18.9 Å². The molecule has 0 aromatic rings. The molecule has 0 rings (SSSR count). The first kappa shape index (κ1) is 22.0. The van der Waals surface area contributed by atoms with Crippen molar-refractivity contribution in [2.24, 2.45) is 0 Å². The minimum Gasteiger partial charge on any atom is -0.394 e. The van der Waals surface area contributed by atoms with Gasteiger partial charge in [-0.25, -0.2) is 0 Å². The van der Waals surface area contributed by atoms with Gasteiger partial charge < -0.3 is 29.2 Å². The predicted molar refractivity (Wildman–Crippen MR) is 78.0 cm³/mol. The number of hydrogen-bond acceptors (Lipinski definition) is 6. The fraction of sp³-hybridized carbons (Fsp3) is 1.00. The SMILES string of the molecule is CCCOCCC.OCCOCCOCCOCCO. The molecule has 0 saturated heterocycles. The topological polar surface area (TPSA) is 77.4 Å². The summed E-state index contributed by atoms with van der Waals surface area (Å²) in [7, 11) is 0. The zero-order chi connectivity index (χ0) is 15.3. The van der Waals surface area contributed by atoms with Crippen LogP contribution in [0.3, 0.4) is 0 Å². The maximum Gasteiger partial charge on any atom is 0.0701 e. The maximum atomic E-state index is 8.36. The Labute approximate surface area is 123 Å². The van der Waals surface area contributed by atoms with Gasteiger partial charge in [0.25, 0.3) is 0 Å². The van der Waals surface area contributed by atoms with E-state index in [1.165, 1.54) is 0 Å². The van der Waals surface area contributed by atoms with Crippen molar-refractivity contribution in [1.29, 1.82) is 0 Å². The predicted octanol–water partition coefficient (Wildman–Crippen LogP) is 0.844. The van der Waals surface area contributed by atoms with E-state index >= 15 is 0 Å². The summed E-state index contributed by atoms with van der Waals surface area (Å²) in [6.45, 7) is 8.85. The summed E-state index contributed by atoms with van der Waals surface area (Å²) in [4.78, 5) is 0. The third-order valence-electron chi connectivity index (χ3n) is 1.91. The molecular formula is C14H32O6. The van der Waals surface area contributed by atoms with Gasteiger partial charge in [0.15, 0.2) is 0 Å². The summed E-state index contributed by atoms with van der Waals surface area (Å²) >= 11 is 0. The van der Waals surface area contributed by atoms with E-state index in [2.05, 4.69) is 13.8 Å². The second-order valence-corrected chi connectivity index (χ2v) is 3.90. The van der Waals surface area contributed by atoms with Gasteiger partial charge in [0.05, 0.1) is 52.9 Å². The molecule has 6 heteroatoms. The minimum absolute atomic E-state index is 0.0413. The molecule has 0 atom stereocenters. The molecule has 0 aliphatic heterocycles. The van der Waals surface area contributed by atoms with Crippen molar-refractivity contribution in [2.75, 3.05) is 66.1 Å². The highest BCUT2D eigenvalue weighted by molar-refractivity contribution is 4.33. The van der Waals surface area contributed by atoms with E-state index in [9.17, 15) is 0 Å². The summed E-state index contributed by atoms with van der Waals surface area (Å²) < 4.78 is 20.2. The van der Waals surface area contributed by atoms with Crippen LogP contribution in [-0.4, -0.2) is 76.3 Å². The largest absolute Gasteiger partial charge is 0.394 e. The van der Waals surface area contributed by atoms with Gasteiger partial charge in [-0.1, -0.05) is 13.8 Å². The Hall–Kier alpha value is -0.240. The molecule has 0 aliphatic carbocycles. The second kappa shape index (κ2) is 23.8. The molecular weight excluding hydrogens is 264 g/mol. The normalized spacial score (nSPS) is 10.2. The van der Waals surface area contributed by atoms with Crippen molar-refractivity contribution in [1.82, 2.24) is 0 Å². The second-order valence-electron chi connectivity index (χ2n) is 3.90. The molecule has 0 amide bonds. The minimum atomic E-state index is 0.0413. The molecule has 2 N–H and O–H groups in total. The van der Waals surface area contributed by atoms with Crippen molar-refractivity contribution in [2.45, 2.75) is 26.7 Å². The van der Waals surface area contributed by atoms with Crippen LogP contribution < -0.4 is 0 Å². The molecule has 0 unspecified atom stereocenters. The summed E-state index contributed by atoms with van der Waals surface area (Å²) in [6, 6.07) is 0. The fourth-order valence-electron chi connectivity index (χ4n) is 1.06. The van der Waals surface area contributed by atoms with Gasteiger partial charge in [-0.2, -0.15) is 0 Å². The summed E-state index contributed by atoms with van der Waals surface area (Å²) in [5.41, 5.74) is 0. The quantitative estimate of drug-likeness (QED) is 0.463. The lowest BCUT2D eigenvalue weighted by molar-refractivity contribution is 0.00230. The first-order chi connectivity index (χ1) is 9.83. The van der Waals surface area contributed by atoms with Gasteiger partial charge in [-0.15, -0.1) is 0 Å². The monoisotopic (exact) mass is 296 g/mol. The molecule has 0 radical (unpaired) electrons. The van der Waals surface area contributed by atoms with Crippen LogP contribution in [0, 0.1) is 0 Å². The van der Waals surface area contributed by atoms with Crippen molar-refractivity contribution < 1.29 is 29.2 Å². The van der Waals surface area contributed by atoms with E-state index in [0.29, 0.717) is 39.6 Å². The molecule has 0 spiro atoms. The third-order valence-corrected chi connectivity index (χ3v) is 1.91. The van der Waals surface area contributed by atoms with E-state index in [-0.39, 0.29) is 13.2 Å². The Bertz CT molecular complexity index is 132. The Morgan fingerprint density at radius 1 is 0.500 bits per heavy atom. The van der Waals surface area contributed by atoms with Crippen LogP contribution >= 0.6 is 0 Å². The molecule has 0 aliphatic rings. The molecule has 0 saturated carbocycles. The van der Waals surface area contributed by atoms with Gasteiger partial charge in [0.2, 0.25) is 0 Å². The highest BCUT2D eigenvalue weighted by Gasteiger charge is 1.89. The van der Waals surface area contributed by atoms with Crippen LogP contribution in [0.2, 0.25) is 0 Å². The average molecular weight is 296 g/mol. The third kappa shape index (κ3) is 26.3. The molecule has 0 fully saturated rings. The van der Waals surface area contributed by atoms with E-state index in [0.717, 1.165) is 26.1 Å². The first-order valence-electron chi connectivity index (χ1n) is 7.36. The van der Waals surface area contributed by atoms with E-state index in [4.69, 9.17) is 29.2 Å². The number of ether oxygens (including phenoxy) is 4. The Morgan fingerprint density at radius 2 is 0.800 bits per heavy atom. The van der Waals surface area contributed by atoms with Crippen molar-refractivity contribution in [3.05, 3.63) is 0 Å². The summed E-state index contributed by atoms with van der Waals surface area (Å²) in [6.07, 6.45) is 2.28. The van der Waals surface area contributed by atoms with E-state index in [1.807, 2.05) is 0 Å². The highest BCUT2D eigenvalue weighted by atomic mass is 16.5. The van der Waals surface area contributed by atoms with Crippen LogP contribution in [0.25, 0.3) is 0 Å². The lowest BCUT2D eigenvalue weighted by Gasteiger charge is -2.04. The van der Waals surface area contributed by atoms with Crippen LogP contribution in [0.4, 0.5) is 0 Å². The lowest BCUT2D eigenvalue weighted by Crippen LogP contribution is -2.11. The fourth-order valence-corrected chi connectivity index (χ4v) is 1.06. The number of aliphatic hydroxyl groups excluding tert-OH is 2. The molecule has 124 valence electrons. The standard InChI is InChI=1S/C8H18O5.C6H14O/c9-1-3-11-5-7-13-8-6-12-4-2-10;1-3-5-7-6-4-2/h9-10H,1-8H2;3-6H2,1-2H3. The molecule has 0 aromatic heterocycles. The van der Waals surface area contributed by atoms with Crippen LogP contribution in [0.1, 0.15) is 26.7 Å². The van der Waals surface area contributed by atoms with Crippen molar-refractivity contribution in [3.63, 3.8) is 0 Å². The van der Waals surface area contributed by atoms with E-state index < -0.39 is 0 Å². The summed E-state index contributed by atoms with van der Waals surface area (Å²) in [5, 5.41) is 16.7. The van der Waals surface area contributed by atoms with Gasteiger partial charge in [0, 0.05) is 13.2 Å². The number of rotatable bonds is 14. The smallest absolute Gasteiger partial charge is 0.0701 e. The molecule has 0 heterocycles. The van der Waals surface area contributed by atoms with Crippen LogP contribution in [0.5, 0.6) is 0 Å². The molecule has 20 heavy (non-hydrogen) atoms. The first-order valence-corrected chi connectivity index (χ1v) is 7.36. The van der Waals surface area contributed by atoms with Gasteiger partial charge in [-0.05, 0) is 12.8 Å². The Kier molecular flexibility index (Phi) is 26.3. The highest BCUT2D eigenvalue weighted by Crippen LogP contribution is 1.81. The van der Waals surface area contributed by atoms with E-state index in [1.54, 1.807) is 0 Å². The Balaban J connectivity index is 0. The average Bonchev–Trinajstić information content (AvgIpc) is 2.47. The zero-order valence-electron chi connectivity index (χ0n) is 13.0. The zero-order valence-corrected chi connectivity index (χ0v) is 13.0. The van der Waals surface area contributed by atoms with Crippen molar-refractivity contribution >= 4 is 0 Å². The van der Waals surface area contributed by atoms with Crippen LogP contribution in [0.15, 0.2) is 0 Å². The number of hydrogen-bond donors (Lipinski definition) is 2. The molecule has 0 bridgehead atoms. The summed E-state index contributed by atoms with van der Waals surface area (Å²) in [5.74, 6) is 0. The molecule has 0 aromatic carbocycles.